The summed E-state index contributed by atoms with van der Waals surface area (Å²) in [5.41, 5.74) is 0. The van der Waals surface area contributed by atoms with Gasteiger partial charge in [-0.3, -0.25) is 0 Å². The van der Waals surface area contributed by atoms with Crippen molar-refractivity contribution in [1.29, 1.82) is 0 Å². The molecule has 0 fully saturated rings. The van der Waals surface area contributed by atoms with Crippen LogP contribution in [0.3, 0.4) is 0 Å². The molecule has 0 saturated heterocycles. The zero-order valence-corrected chi connectivity index (χ0v) is 9.68. The van der Waals surface area contributed by atoms with Crippen LogP contribution >= 0.6 is 11.3 Å². The molecule has 0 aliphatic carbocycles. The van der Waals surface area contributed by atoms with Gasteiger partial charge in [0.25, 0.3) is 0 Å². The molecule has 0 aliphatic heterocycles. The fraction of sp³-hybridized carbons (Fsp3) is 0.700. The van der Waals surface area contributed by atoms with Crippen LogP contribution in [0.2, 0.25) is 0 Å². The molecule has 0 spiro atoms. The molecule has 0 amide bonds. The molecule has 0 unspecified atom stereocenters. The average molecular weight is 214 g/mol. The topological polar surface area (TPSA) is 36.4 Å². The number of aromatic nitrogens is 1. The van der Waals surface area contributed by atoms with Gasteiger partial charge < -0.3 is 10.0 Å². The van der Waals surface area contributed by atoms with Crippen molar-refractivity contribution >= 4 is 16.5 Å². The third-order valence-electron chi connectivity index (χ3n) is 2.13. The van der Waals surface area contributed by atoms with Crippen LogP contribution in [-0.4, -0.2) is 23.2 Å². The van der Waals surface area contributed by atoms with Gasteiger partial charge in [0.15, 0.2) is 5.13 Å². The lowest BCUT2D eigenvalue weighted by atomic mass is 10.3. The van der Waals surface area contributed by atoms with E-state index in [4.69, 9.17) is 5.11 Å². The molecule has 1 aromatic rings. The summed E-state index contributed by atoms with van der Waals surface area (Å²) in [5.74, 6) is 0. The van der Waals surface area contributed by atoms with Gasteiger partial charge in [0.2, 0.25) is 0 Å². The predicted octanol–water partition coefficient (Wildman–Crippen LogP) is 2.26. The molecule has 0 saturated carbocycles. The second-order valence-electron chi connectivity index (χ2n) is 3.20. The first-order valence-corrected chi connectivity index (χ1v) is 5.94. The SMILES string of the molecule is CCCCN(CC)c1ncc(CO)s1. The van der Waals surface area contributed by atoms with Crippen molar-refractivity contribution in [1.82, 2.24) is 4.98 Å². The summed E-state index contributed by atoms with van der Waals surface area (Å²) in [7, 11) is 0. The van der Waals surface area contributed by atoms with Crippen LogP contribution in [0.4, 0.5) is 5.13 Å². The Bertz CT molecular complexity index is 262. The highest BCUT2D eigenvalue weighted by Gasteiger charge is 2.07. The molecule has 0 aromatic carbocycles. The molecule has 0 aliphatic rings. The molecular weight excluding hydrogens is 196 g/mol. The lowest BCUT2D eigenvalue weighted by Gasteiger charge is -2.18. The summed E-state index contributed by atoms with van der Waals surface area (Å²) in [6.45, 7) is 6.47. The van der Waals surface area contributed by atoms with E-state index in [0.29, 0.717) is 0 Å². The van der Waals surface area contributed by atoms with Gasteiger partial charge in [-0.2, -0.15) is 0 Å². The number of hydrogen-bond donors (Lipinski definition) is 1. The van der Waals surface area contributed by atoms with Crippen LogP contribution in [0.15, 0.2) is 6.20 Å². The number of hydrogen-bond acceptors (Lipinski definition) is 4. The molecule has 14 heavy (non-hydrogen) atoms. The zero-order valence-electron chi connectivity index (χ0n) is 8.86. The maximum atomic E-state index is 8.93. The second-order valence-corrected chi connectivity index (χ2v) is 4.29. The van der Waals surface area contributed by atoms with Gasteiger partial charge in [0, 0.05) is 19.3 Å². The standard InChI is InChI=1S/C10H18N2OS/c1-3-5-6-12(4-2)10-11-7-9(8-13)14-10/h7,13H,3-6,8H2,1-2H3. The van der Waals surface area contributed by atoms with Gasteiger partial charge in [-0.25, -0.2) is 4.98 Å². The predicted molar refractivity (Wildman–Crippen MR) is 60.8 cm³/mol. The second kappa shape index (κ2) is 5.98. The maximum Gasteiger partial charge on any atom is 0.185 e. The van der Waals surface area contributed by atoms with Crippen molar-refractivity contribution in [3.05, 3.63) is 11.1 Å². The van der Waals surface area contributed by atoms with Crippen LogP contribution in [-0.2, 0) is 6.61 Å². The normalized spacial score (nSPS) is 10.5. The number of aliphatic hydroxyl groups is 1. The molecule has 80 valence electrons. The Labute approximate surface area is 89.4 Å². The Hall–Kier alpha value is -0.610. The summed E-state index contributed by atoms with van der Waals surface area (Å²) in [6, 6.07) is 0. The van der Waals surface area contributed by atoms with E-state index >= 15 is 0 Å². The van der Waals surface area contributed by atoms with E-state index in [0.717, 1.165) is 23.1 Å². The maximum absolute atomic E-state index is 8.93. The highest BCUT2D eigenvalue weighted by molar-refractivity contribution is 7.15. The highest BCUT2D eigenvalue weighted by atomic mass is 32.1. The van der Waals surface area contributed by atoms with E-state index in [1.807, 2.05) is 0 Å². The van der Waals surface area contributed by atoms with Crippen LogP contribution in [0.1, 0.15) is 31.6 Å². The Morgan fingerprint density at radius 1 is 1.50 bits per heavy atom. The molecule has 0 atom stereocenters. The van der Waals surface area contributed by atoms with Gasteiger partial charge in [0.1, 0.15) is 0 Å². The van der Waals surface area contributed by atoms with Crippen LogP contribution in [0, 0.1) is 0 Å². The minimum Gasteiger partial charge on any atom is -0.391 e. The molecule has 1 N–H and O–H groups in total. The van der Waals surface area contributed by atoms with Gasteiger partial charge in [-0.15, -0.1) is 0 Å². The quantitative estimate of drug-likeness (QED) is 0.789. The van der Waals surface area contributed by atoms with Crippen molar-refractivity contribution in [3.8, 4) is 0 Å². The third-order valence-corrected chi connectivity index (χ3v) is 3.17. The molecule has 1 heterocycles. The van der Waals surface area contributed by atoms with E-state index in [2.05, 4.69) is 23.7 Å². The van der Waals surface area contributed by atoms with Crippen molar-refractivity contribution in [2.75, 3.05) is 18.0 Å². The molecule has 0 radical (unpaired) electrons. The highest BCUT2D eigenvalue weighted by Crippen LogP contribution is 2.22. The Morgan fingerprint density at radius 2 is 2.29 bits per heavy atom. The monoisotopic (exact) mass is 214 g/mol. The van der Waals surface area contributed by atoms with Crippen LogP contribution in [0.5, 0.6) is 0 Å². The molecule has 1 rings (SSSR count). The molecular formula is C10H18N2OS. The number of unbranched alkanes of at least 4 members (excludes halogenated alkanes) is 1. The number of nitrogens with zero attached hydrogens (tertiary/aromatic N) is 2. The number of thiazole rings is 1. The van der Waals surface area contributed by atoms with Crippen molar-refractivity contribution in [2.45, 2.75) is 33.3 Å². The van der Waals surface area contributed by atoms with E-state index < -0.39 is 0 Å². The summed E-state index contributed by atoms with van der Waals surface area (Å²) in [4.78, 5) is 7.49. The summed E-state index contributed by atoms with van der Waals surface area (Å²) in [5, 5.41) is 9.97. The van der Waals surface area contributed by atoms with E-state index in [1.165, 1.54) is 12.8 Å². The number of rotatable bonds is 6. The first-order valence-electron chi connectivity index (χ1n) is 5.12. The Morgan fingerprint density at radius 3 is 2.79 bits per heavy atom. The number of anilines is 1. The lowest BCUT2D eigenvalue weighted by Crippen LogP contribution is -2.23. The summed E-state index contributed by atoms with van der Waals surface area (Å²) >= 11 is 1.58. The number of aliphatic hydroxyl groups excluding tert-OH is 1. The molecule has 4 heteroatoms. The average Bonchev–Trinajstić information content (AvgIpc) is 2.68. The summed E-state index contributed by atoms with van der Waals surface area (Å²) in [6.07, 6.45) is 4.16. The van der Waals surface area contributed by atoms with E-state index in [9.17, 15) is 0 Å². The lowest BCUT2D eigenvalue weighted by molar-refractivity contribution is 0.285. The van der Waals surface area contributed by atoms with Gasteiger partial charge in [0.05, 0.1) is 11.5 Å². The van der Waals surface area contributed by atoms with Crippen molar-refractivity contribution < 1.29 is 5.11 Å². The zero-order chi connectivity index (χ0) is 10.4. The van der Waals surface area contributed by atoms with Crippen molar-refractivity contribution in [2.24, 2.45) is 0 Å². The van der Waals surface area contributed by atoms with Crippen molar-refractivity contribution in [3.63, 3.8) is 0 Å². The molecule has 0 bridgehead atoms. The van der Waals surface area contributed by atoms with E-state index in [-0.39, 0.29) is 6.61 Å². The van der Waals surface area contributed by atoms with Gasteiger partial charge in [-0.05, 0) is 13.3 Å². The molecule has 1 aromatic heterocycles. The van der Waals surface area contributed by atoms with Gasteiger partial charge in [-0.1, -0.05) is 24.7 Å². The minimum atomic E-state index is 0.100. The first-order chi connectivity index (χ1) is 6.81. The minimum absolute atomic E-state index is 0.100. The smallest absolute Gasteiger partial charge is 0.185 e. The first kappa shape index (κ1) is 11.5. The van der Waals surface area contributed by atoms with Crippen LogP contribution in [0.25, 0.3) is 0 Å². The fourth-order valence-corrected chi connectivity index (χ4v) is 2.11. The van der Waals surface area contributed by atoms with Crippen LogP contribution < -0.4 is 4.90 Å². The third kappa shape index (κ3) is 2.96. The molecule has 3 nitrogen and oxygen atoms in total. The largest absolute Gasteiger partial charge is 0.391 e. The van der Waals surface area contributed by atoms with Gasteiger partial charge >= 0.3 is 0 Å². The Balaban J connectivity index is 2.58. The summed E-state index contributed by atoms with van der Waals surface area (Å²) < 4.78 is 0. The Kier molecular flexibility index (Phi) is 4.90. The van der Waals surface area contributed by atoms with E-state index in [1.54, 1.807) is 17.5 Å². The fourth-order valence-electron chi connectivity index (χ4n) is 1.25.